The Labute approximate surface area is 171 Å². The number of nitrogens with zero attached hydrogens (tertiary/aromatic N) is 2. The van der Waals surface area contributed by atoms with Crippen LogP contribution in [0.1, 0.15) is 23.9 Å². The third-order valence-corrected chi connectivity index (χ3v) is 4.74. The van der Waals surface area contributed by atoms with Gasteiger partial charge in [0.05, 0.1) is 17.6 Å². The Hall–Kier alpha value is -2.32. The van der Waals surface area contributed by atoms with Crippen molar-refractivity contribution in [3.05, 3.63) is 68.7 Å². The van der Waals surface area contributed by atoms with E-state index in [0.29, 0.717) is 36.0 Å². The quantitative estimate of drug-likeness (QED) is 0.487. The van der Waals surface area contributed by atoms with Crippen LogP contribution in [-0.4, -0.2) is 21.5 Å². The lowest BCUT2D eigenvalue weighted by atomic mass is 10.2. The Morgan fingerprint density at radius 1 is 1.19 bits per heavy atom. The molecule has 6 nitrogen and oxygen atoms in total. The molecule has 0 radical (unpaired) electrons. The van der Waals surface area contributed by atoms with Gasteiger partial charge in [-0.15, -0.1) is 0 Å². The maximum absolute atomic E-state index is 6.02. The summed E-state index contributed by atoms with van der Waals surface area (Å²) in [5.41, 5.74) is 5.38. The fourth-order valence-corrected chi connectivity index (χ4v) is 3.43. The molecule has 0 spiro atoms. The molecule has 0 atom stereocenters. The van der Waals surface area contributed by atoms with Crippen LogP contribution >= 0.6 is 28.1 Å². The minimum absolute atomic E-state index is 0.473. The third-order valence-electron chi connectivity index (χ3n) is 3.88. The SMILES string of the molecule is CCOc1cc(CNn2c(C)n[nH]c2=S)cc(Br)c1OCc1ccccc1. The predicted molar refractivity (Wildman–Crippen MR) is 111 cm³/mol. The molecule has 0 amide bonds. The van der Waals surface area contributed by atoms with E-state index in [1.807, 2.05) is 56.3 Å². The summed E-state index contributed by atoms with van der Waals surface area (Å²) in [7, 11) is 0. The lowest BCUT2D eigenvalue weighted by Crippen LogP contribution is -2.16. The minimum atomic E-state index is 0.473. The van der Waals surface area contributed by atoms with Gasteiger partial charge in [-0.05, 0) is 65.3 Å². The molecule has 0 saturated carbocycles. The first-order chi connectivity index (χ1) is 13.1. The Balaban J connectivity index is 1.78. The highest BCUT2D eigenvalue weighted by Crippen LogP contribution is 2.37. The molecule has 3 rings (SSSR count). The van der Waals surface area contributed by atoms with Crippen LogP contribution < -0.4 is 14.9 Å². The summed E-state index contributed by atoms with van der Waals surface area (Å²) >= 11 is 8.82. The van der Waals surface area contributed by atoms with E-state index in [0.717, 1.165) is 21.4 Å². The molecular weight excluding hydrogens is 428 g/mol. The van der Waals surface area contributed by atoms with Crippen molar-refractivity contribution < 1.29 is 9.47 Å². The molecule has 1 aromatic heterocycles. The minimum Gasteiger partial charge on any atom is -0.490 e. The number of aromatic nitrogens is 3. The Morgan fingerprint density at radius 2 is 1.96 bits per heavy atom. The van der Waals surface area contributed by atoms with Crippen LogP contribution in [-0.2, 0) is 13.2 Å². The van der Waals surface area contributed by atoms with E-state index in [-0.39, 0.29) is 0 Å². The van der Waals surface area contributed by atoms with E-state index in [2.05, 4.69) is 31.6 Å². The Bertz CT molecular complexity index is 956. The number of aromatic amines is 1. The van der Waals surface area contributed by atoms with Crippen molar-refractivity contribution in [1.82, 2.24) is 14.9 Å². The van der Waals surface area contributed by atoms with Crippen molar-refractivity contribution in [3.63, 3.8) is 0 Å². The van der Waals surface area contributed by atoms with Gasteiger partial charge < -0.3 is 14.9 Å². The van der Waals surface area contributed by atoms with E-state index >= 15 is 0 Å². The van der Waals surface area contributed by atoms with E-state index in [4.69, 9.17) is 21.7 Å². The predicted octanol–water partition coefficient (Wildman–Crippen LogP) is 4.73. The van der Waals surface area contributed by atoms with Gasteiger partial charge in [-0.1, -0.05) is 30.3 Å². The zero-order valence-electron chi connectivity index (χ0n) is 15.2. The largest absolute Gasteiger partial charge is 0.490 e. The van der Waals surface area contributed by atoms with Gasteiger partial charge in [-0.3, -0.25) is 5.10 Å². The van der Waals surface area contributed by atoms with Crippen LogP contribution in [0.25, 0.3) is 0 Å². The molecule has 0 fully saturated rings. The fourth-order valence-electron chi connectivity index (χ4n) is 2.59. The molecular formula is C19H21BrN4O2S. The molecule has 0 aliphatic rings. The van der Waals surface area contributed by atoms with Crippen molar-refractivity contribution in [2.75, 3.05) is 12.0 Å². The van der Waals surface area contributed by atoms with Gasteiger partial charge in [0.2, 0.25) is 4.77 Å². The molecule has 0 aliphatic carbocycles. The van der Waals surface area contributed by atoms with E-state index in [9.17, 15) is 0 Å². The van der Waals surface area contributed by atoms with Gasteiger partial charge in [-0.2, -0.15) is 5.10 Å². The standard InChI is InChI=1S/C19H21BrN4O2S/c1-3-25-17-10-15(11-21-24-13(2)22-23-19(24)27)9-16(20)18(17)26-12-14-7-5-4-6-8-14/h4-10,21H,3,11-12H2,1-2H3,(H,23,27). The van der Waals surface area contributed by atoms with Crippen molar-refractivity contribution in [2.24, 2.45) is 0 Å². The first-order valence-corrected chi connectivity index (χ1v) is 9.78. The average molecular weight is 449 g/mol. The average Bonchev–Trinajstić information content (AvgIpc) is 2.98. The van der Waals surface area contributed by atoms with Crippen LogP contribution in [0.4, 0.5) is 0 Å². The van der Waals surface area contributed by atoms with E-state index in [1.54, 1.807) is 4.68 Å². The summed E-state index contributed by atoms with van der Waals surface area (Å²) in [4.78, 5) is 0. The Morgan fingerprint density at radius 3 is 2.63 bits per heavy atom. The van der Waals surface area contributed by atoms with Crippen LogP contribution in [0.15, 0.2) is 46.9 Å². The smallest absolute Gasteiger partial charge is 0.214 e. The van der Waals surface area contributed by atoms with Crippen LogP contribution in [0.2, 0.25) is 0 Å². The van der Waals surface area contributed by atoms with Crippen molar-refractivity contribution in [2.45, 2.75) is 27.0 Å². The molecule has 0 bridgehead atoms. The number of H-pyrrole nitrogens is 1. The number of benzene rings is 2. The zero-order valence-corrected chi connectivity index (χ0v) is 17.6. The number of rotatable bonds is 8. The second-order valence-corrected chi connectivity index (χ2v) is 7.10. The summed E-state index contributed by atoms with van der Waals surface area (Å²) < 4.78 is 14.9. The van der Waals surface area contributed by atoms with Gasteiger partial charge in [0.1, 0.15) is 12.4 Å². The topological polar surface area (TPSA) is 64.1 Å². The number of halogens is 1. The van der Waals surface area contributed by atoms with Gasteiger partial charge in [0.25, 0.3) is 0 Å². The Kier molecular flexibility index (Phi) is 6.52. The molecule has 8 heteroatoms. The lowest BCUT2D eigenvalue weighted by molar-refractivity contribution is 0.267. The third kappa shape index (κ3) is 4.90. The van der Waals surface area contributed by atoms with Crippen molar-refractivity contribution in [1.29, 1.82) is 0 Å². The summed E-state index contributed by atoms with van der Waals surface area (Å²) in [6, 6.07) is 14.0. The van der Waals surface area contributed by atoms with E-state index < -0.39 is 0 Å². The van der Waals surface area contributed by atoms with Gasteiger partial charge in [0, 0.05) is 0 Å². The van der Waals surface area contributed by atoms with Gasteiger partial charge in [-0.25, -0.2) is 4.68 Å². The second kappa shape index (κ2) is 9.05. The maximum atomic E-state index is 6.02. The molecule has 0 saturated heterocycles. The number of nitrogens with one attached hydrogen (secondary N) is 2. The summed E-state index contributed by atoms with van der Waals surface area (Å²) in [5.74, 6) is 2.17. The molecule has 142 valence electrons. The molecule has 27 heavy (non-hydrogen) atoms. The highest BCUT2D eigenvalue weighted by Gasteiger charge is 2.13. The maximum Gasteiger partial charge on any atom is 0.214 e. The van der Waals surface area contributed by atoms with Crippen LogP contribution in [0, 0.1) is 11.7 Å². The second-order valence-electron chi connectivity index (χ2n) is 5.86. The number of hydrogen-bond acceptors (Lipinski definition) is 5. The first-order valence-electron chi connectivity index (χ1n) is 8.58. The monoisotopic (exact) mass is 448 g/mol. The van der Waals surface area contributed by atoms with Crippen molar-refractivity contribution in [3.8, 4) is 11.5 Å². The molecule has 2 aromatic carbocycles. The molecule has 3 aromatic rings. The molecule has 0 aliphatic heterocycles. The highest BCUT2D eigenvalue weighted by atomic mass is 79.9. The number of ether oxygens (including phenoxy) is 2. The summed E-state index contributed by atoms with van der Waals surface area (Å²) in [6.45, 7) is 5.42. The normalized spacial score (nSPS) is 10.6. The number of hydrogen-bond donors (Lipinski definition) is 2. The van der Waals surface area contributed by atoms with Crippen LogP contribution in [0.5, 0.6) is 11.5 Å². The zero-order chi connectivity index (χ0) is 19.2. The van der Waals surface area contributed by atoms with Crippen molar-refractivity contribution >= 4 is 28.1 Å². The molecule has 0 unspecified atom stereocenters. The summed E-state index contributed by atoms with van der Waals surface area (Å²) in [6.07, 6.45) is 0. The van der Waals surface area contributed by atoms with Gasteiger partial charge >= 0.3 is 0 Å². The summed E-state index contributed by atoms with van der Waals surface area (Å²) in [5, 5.41) is 6.85. The lowest BCUT2D eigenvalue weighted by Gasteiger charge is -2.16. The number of aryl methyl sites for hydroxylation is 1. The van der Waals surface area contributed by atoms with Gasteiger partial charge in [0.15, 0.2) is 11.5 Å². The molecule has 2 N–H and O–H groups in total. The molecule has 1 heterocycles. The van der Waals surface area contributed by atoms with Crippen LogP contribution in [0.3, 0.4) is 0 Å². The fraction of sp³-hybridized carbons (Fsp3) is 0.263. The first kappa shape index (κ1) is 19.4. The highest BCUT2D eigenvalue weighted by molar-refractivity contribution is 9.10. The van der Waals surface area contributed by atoms with E-state index in [1.165, 1.54) is 0 Å².